The standard InChI is InChI=1S/C29H33N3O3/c1-2-35-26-19-10-9-17-24(26)27(28(33)31-23-15-7-4-8-16-23)32(21-22-13-5-3-6-14-22)29(34)25-18-11-12-20-30-25/h3,5-6,9-14,17-20,23,27H,2,4,7-8,15-16,21H2,1H3,(H,31,33). The molecule has 1 unspecified atom stereocenters. The Bertz CT molecular complexity index is 1100. The van der Waals surface area contributed by atoms with E-state index in [2.05, 4.69) is 10.3 Å². The number of nitrogens with one attached hydrogen (secondary N) is 1. The Morgan fingerprint density at radius 1 is 0.971 bits per heavy atom. The van der Waals surface area contributed by atoms with Crippen molar-refractivity contribution < 1.29 is 14.3 Å². The van der Waals surface area contributed by atoms with Crippen LogP contribution < -0.4 is 10.1 Å². The van der Waals surface area contributed by atoms with Gasteiger partial charge < -0.3 is 15.0 Å². The molecule has 6 heteroatoms. The van der Waals surface area contributed by atoms with Crippen LogP contribution in [0.1, 0.15) is 66.7 Å². The van der Waals surface area contributed by atoms with Crippen LogP contribution in [0.15, 0.2) is 79.0 Å². The Kier molecular flexibility index (Phi) is 8.49. The predicted molar refractivity (Wildman–Crippen MR) is 136 cm³/mol. The van der Waals surface area contributed by atoms with Gasteiger partial charge in [-0.15, -0.1) is 0 Å². The normalized spacial score (nSPS) is 14.7. The molecule has 1 atom stereocenters. The van der Waals surface area contributed by atoms with Crippen molar-refractivity contribution in [3.05, 3.63) is 95.8 Å². The number of para-hydroxylation sites is 1. The lowest BCUT2D eigenvalue weighted by Crippen LogP contribution is -2.47. The minimum absolute atomic E-state index is 0.113. The summed E-state index contributed by atoms with van der Waals surface area (Å²) in [6, 6.07) is 21.7. The number of carbonyl (C=O) groups excluding carboxylic acids is 2. The lowest BCUT2D eigenvalue weighted by Gasteiger charge is -2.34. The predicted octanol–water partition coefficient (Wildman–Crippen LogP) is 5.31. The van der Waals surface area contributed by atoms with Crippen LogP contribution in [0, 0.1) is 0 Å². The molecule has 1 aromatic heterocycles. The first-order valence-corrected chi connectivity index (χ1v) is 12.5. The molecule has 2 amide bonds. The highest BCUT2D eigenvalue weighted by atomic mass is 16.5. The number of benzene rings is 2. The molecule has 0 bridgehead atoms. The van der Waals surface area contributed by atoms with E-state index in [1.54, 1.807) is 29.3 Å². The number of amides is 2. The summed E-state index contributed by atoms with van der Waals surface area (Å²) in [5, 5.41) is 3.25. The number of rotatable bonds is 9. The van der Waals surface area contributed by atoms with Gasteiger partial charge in [0, 0.05) is 24.3 Å². The van der Waals surface area contributed by atoms with Gasteiger partial charge in [0.25, 0.3) is 5.91 Å². The number of aromatic nitrogens is 1. The van der Waals surface area contributed by atoms with E-state index in [0.717, 1.165) is 31.2 Å². The third kappa shape index (κ3) is 6.27. The van der Waals surface area contributed by atoms with Crippen molar-refractivity contribution in [2.24, 2.45) is 0 Å². The first-order valence-electron chi connectivity index (χ1n) is 12.5. The van der Waals surface area contributed by atoms with Crippen molar-refractivity contribution in [3.8, 4) is 5.75 Å². The van der Waals surface area contributed by atoms with Crippen LogP contribution in [0.5, 0.6) is 5.75 Å². The molecule has 1 heterocycles. The molecule has 1 aliphatic carbocycles. The molecule has 1 N–H and O–H groups in total. The van der Waals surface area contributed by atoms with Crippen LogP contribution in [-0.2, 0) is 11.3 Å². The van der Waals surface area contributed by atoms with E-state index in [1.165, 1.54) is 6.42 Å². The number of hydrogen-bond acceptors (Lipinski definition) is 4. The molecular formula is C29H33N3O3. The maximum absolute atomic E-state index is 14.0. The molecule has 35 heavy (non-hydrogen) atoms. The van der Waals surface area contributed by atoms with Crippen LogP contribution in [0.4, 0.5) is 0 Å². The lowest BCUT2D eigenvalue weighted by atomic mass is 9.94. The van der Waals surface area contributed by atoms with E-state index in [4.69, 9.17) is 4.74 Å². The minimum Gasteiger partial charge on any atom is -0.494 e. The summed E-state index contributed by atoms with van der Waals surface area (Å²) >= 11 is 0. The van der Waals surface area contributed by atoms with Crippen LogP contribution in [0.3, 0.4) is 0 Å². The third-order valence-corrected chi connectivity index (χ3v) is 6.37. The topological polar surface area (TPSA) is 71.5 Å². The fourth-order valence-corrected chi connectivity index (χ4v) is 4.67. The molecule has 0 saturated heterocycles. The second-order valence-electron chi connectivity index (χ2n) is 8.85. The zero-order chi connectivity index (χ0) is 24.5. The first-order chi connectivity index (χ1) is 17.2. The van der Waals surface area contributed by atoms with Crippen LogP contribution >= 0.6 is 0 Å². The Hall–Kier alpha value is -3.67. The van der Waals surface area contributed by atoms with Crippen LogP contribution in [0.25, 0.3) is 0 Å². The van der Waals surface area contributed by atoms with Crippen molar-refractivity contribution in [2.45, 2.75) is 57.7 Å². The second-order valence-corrected chi connectivity index (χ2v) is 8.85. The van der Waals surface area contributed by atoms with Gasteiger partial charge in [-0.3, -0.25) is 14.6 Å². The molecule has 4 rings (SSSR count). The van der Waals surface area contributed by atoms with Gasteiger partial charge in [-0.2, -0.15) is 0 Å². The summed E-state index contributed by atoms with van der Waals surface area (Å²) in [4.78, 5) is 33.7. The zero-order valence-electron chi connectivity index (χ0n) is 20.2. The molecule has 1 fully saturated rings. The Morgan fingerprint density at radius 3 is 2.40 bits per heavy atom. The Labute approximate surface area is 207 Å². The molecule has 0 spiro atoms. The molecule has 6 nitrogen and oxygen atoms in total. The van der Waals surface area contributed by atoms with E-state index in [1.807, 2.05) is 61.5 Å². The van der Waals surface area contributed by atoms with Gasteiger partial charge in [0.05, 0.1) is 6.61 Å². The van der Waals surface area contributed by atoms with E-state index in [9.17, 15) is 9.59 Å². The van der Waals surface area contributed by atoms with Crippen molar-refractivity contribution in [1.29, 1.82) is 0 Å². The van der Waals surface area contributed by atoms with Gasteiger partial charge in [0.1, 0.15) is 17.5 Å². The molecule has 182 valence electrons. The fourth-order valence-electron chi connectivity index (χ4n) is 4.67. The molecule has 0 aliphatic heterocycles. The Balaban J connectivity index is 1.78. The maximum atomic E-state index is 14.0. The monoisotopic (exact) mass is 471 g/mol. The van der Waals surface area contributed by atoms with Gasteiger partial charge in [0.15, 0.2) is 0 Å². The van der Waals surface area contributed by atoms with E-state index in [-0.39, 0.29) is 24.4 Å². The molecule has 1 saturated carbocycles. The molecular weight excluding hydrogens is 438 g/mol. The summed E-state index contributed by atoms with van der Waals surface area (Å²) < 4.78 is 5.91. The average Bonchev–Trinajstić information content (AvgIpc) is 2.90. The highest BCUT2D eigenvalue weighted by molar-refractivity contribution is 5.96. The van der Waals surface area contributed by atoms with E-state index >= 15 is 0 Å². The van der Waals surface area contributed by atoms with E-state index in [0.29, 0.717) is 23.6 Å². The molecule has 0 radical (unpaired) electrons. The summed E-state index contributed by atoms with van der Waals surface area (Å²) in [6.07, 6.45) is 6.91. The van der Waals surface area contributed by atoms with Gasteiger partial charge in [0.2, 0.25) is 5.91 Å². The lowest BCUT2D eigenvalue weighted by molar-refractivity contribution is -0.127. The highest BCUT2D eigenvalue weighted by Crippen LogP contribution is 2.33. The maximum Gasteiger partial charge on any atom is 0.273 e. The molecule has 3 aromatic rings. The van der Waals surface area contributed by atoms with Crippen LogP contribution in [0.2, 0.25) is 0 Å². The quantitative estimate of drug-likeness (QED) is 0.459. The summed E-state index contributed by atoms with van der Waals surface area (Å²) in [5.74, 6) is 0.111. The molecule has 2 aromatic carbocycles. The summed E-state index contributed by atoms with van der Waals surface area (Å²) in [7, 11) is 0. The van der Waals surface area contributed by atoms with Gasteiger partial charge in [-0.1, -0.05) is 73.9 Å². The zero-order valence-corrected chi connectivity index (χ0v) is 20.2. The van der Waals surface area contributed by atoms with E-state index < -0.39 is 6.04 Å². The van der Waals surface area contributed by atoms with Gasteiger partial charge >= 0.3 is 0 Å². The summed E-state index contributed by atoms with van der Waals surface area (Å²) in [6.45, 7) is 2.63. The molecule has 1 aliphatic rings. The SMILES string of the molecule is CCOc1ccccc1C(C(=O)NC1CCCCC1)N(Cc1ccccc1)C(=O)c1ccccn1. The third-order valence-electron chi connectivity index (χ3n) is 6.37. The number of pyridine rings is 1. The number of nitrogens with zero attached hydrogens (tertiary/aromatic N) is 2. The number of carbonyl (C=O) groups is 2. The van der Waals surface area contributed by atoms with Crippen molar-refractivity contribution in [1.82, 2.24) is 15.2 Å². The highest BCUT2D eigenvalue weighted by Gasteiger charge is 2.35. The number of hydrogen-bond donors (Lipinski definition) is 1. The van der Waals surface area contributed by atoms with Gasteiger partial charge in [-0.05, 0) is 43.5 Å². The van der Waals surface area contributed by atoms with Gasteiger partial charge in [-0.25, -0.2) is 0 Å². The fraction of sp³-hybridized carbons (Fsp3) is 0.345. The number of ether oxygens (including phenoxy) is 1. The smallest absolute Gasteiger partial charge is 0.273 e. The Morgan fingerprint density at radius 2 is 1.69 bits per heavy atom. The second kappa shape index (κ2) is 12.2. The van der Waals surface area contributed by atoms with Crippen LogP contribution in [-0.4, -0.2) is 34.3 Å². The minimum atomic E-state index is -0.866. The van der Waals surface area contributed by atoms with Crippen molar-refractivity contribution in [2.75, 3.05) is 6.61 Å². The first kappa shape index (κ1) is 24.5. The largest absolute Gasteiger partial charge is 0.494 e. The summed E-state index contributed by atoms with van der Waals surface area (Å²) in [5.41, 5.74) is 1.90. The average molecular weight is 472 g/mol. The van der Waals surface area contributed by atoms with Crippen molar-refractivity contribution >= 4 is 11.8 Å². The van der Waals surface area contributed by atoms with Crippen molar-refractivity contribution in [3.63, 3.8) is 0 Å².